The molecule has 0 aromatic carbocycles. The second-order valence-corrected chi connectivity index (χ2v) is 4.44. The van der Waals surface area contributed by atoms with Gasteiger partial charge in [0.2, 0.25) is 0 Å². The SMILES string of the molecule is C1CCC2CCNNNN(CC1)CC2. The molecule has 2 aliphatic rings. The first kappa shape index (κ1) is 10.4. The number of hydrogen-bond donors (Lipinski definition) is 3. The van der Waals surface area contributed by atoms with Crippen LogP contribution in [0.15, 0.2) is 0 Å². The van der Waals surface area contributed by atoms with Gasteiger partial charge in [0, 0.05) is 19.6 Å². The highest BCUT2D eigenvalue weighted by Crippen LogP contribution is 2.19. The second kappa shape index (κ2) is 5.66. The van der Waals surface area contributed by atoms with Crippen molar-refractivity contribution in [2.75, 3.05) is 19.6 Å². The van der Waals surface area contributed by atoms with Gasteiger partial charge in [-0.1, -0.05) is 19.3 Å². The van der Waals surface area contributed by atoms with Gasteiger partial charge in [0.1, 0.15) is 0 Å². The summed E-state index contributed by atoms with van der Waals surface area (Å²) in [7, 11) is 0. The Balaban J connectivity index is 1.92. The minimum absolute atomic E-state index is 0.921. The Hall–Kier alpha value is -0.160. The van der Waals surface area contributed by atoms with Crippen LogP contribution in [0.2, 0.25) is 0 Å². The maximum Gasteiger partial charge on any atom is 0.0147 e. The van der Waals surface area contributed by atoms with E-state index in [0.717, 1.165) is 12.5 Å². The van der Waals surface area contributed by atoms with Crippen LogP contribution in [0.5, 0.6) is 0 Å². The number of fused-ring (bicyclic) bond motifs is 3. The van der Waals surface area contributed by atoms with E-state index in [0.29, 0.717) is 0 Å². The van der Waals surface area contributed by atoms with Gasteiger partial charge < -0.3 is 0 Å². The summed E-state index contributed by atoms with van der Waals surface area (Å²) in [5.74, 6) is 0.921. The van der Waals surface area contributed by atoms with Crippen molar-refractivity contribution in [3.63, 3.8) is 0 Å². The van der Waals surface area contributed by atoms with Crippen LogP contribution in [0.4, 0.5) is 0 Å². The Morgan fingerprint density at radius 3 is 2.93 bits per heavy atom. The molecule has 3 N–H and O–H groups in total. The molecule has 14 heavy (non-hydrogen) atoms. The molecule has 2 fully saturated rings. The van der Waals surface area contributed by atoms with Crippen molar-refractivity contribution >= 4 is 0 Å². The average Bonchev–Trinajstić information content (AvgIpc) is 2.34. The van der Waals surface area contributed by atoms with Gasteiger partial charge in [-0.2, -0.15) is 11.1 Å². The molecule has 2 rings (SSSR count). The minimum atomic E-state index is 0.921. The highest BCUT2D eigenvalue weighted by atomic mass is 15.8. The molecule has 0 aromatic heterocycles. The molecule has 2 aliphatic heterocycles. The first-order valence-electron chi connectivity index (χ1n) is 5.93. The van der Waals surface area contributed by atoms with Crippen LogP contribution in [-0.4, -0.2) is 24.6 Å². The summed E-state index contributed by atoms with van der Waals surface area (Å²) in [5, 5.41) is 2.30. The fourth-order valence-corrected chi connectivity index (χ4v) is 2.36. The largest absolute Gasteiger partial charge is 0.243 e. The predicted octanol–water partition coefficient (Wildman–Crippen LogP) is 0.786. The van der Waals surface area contributed by atoms with Gasteiger partial charge in [-0.05, 0) is 25.2 Å². The fraction of sp³-hybridized carbons (Fsp3) is 1.00. The molecular formula is C10H22N4. The van der Waals surface area contributed by atoms with E-state index in [1.807, 2.05) is 0 Å². The molecule has 4 heteroatoms. The van der Waals surface area contributed by atoms with Crippen molar-refractivity contribution in [1.29, 1.82) is 0 Å². The Morgan fingerprint density at radius 2 is 1.93 bits per heavy atom. The zero-order valence-electron chi connectivity index (χ0n) is 8.89. The third-order valence-corrected chi connectivity index (χ3v) is 3.33. The Kier molecular flexibility index (Phi) is 4.19. The molecule has 2 atom stereocenters. The molecule has 0 saturated carbocycles. The molecule has 0 amide bonds. The summed E-state index contributed by atoms with van der Waals surface area (Å²) in [6.45, 7) is 3.42. The zero-order chi connectivity index (χ0) is 9.64. The average molecular weight is 198 g/mol. The zero-order valence-corrected chi connectivity index (χ0v) is 8.89. The highest BCUT2D eigenvalue weighted by Gasteiger charge is 2.15. The number of nitrogens with one attached hydrogen (secondary N) is 3. The van der Waals surface area contributed by atoms with E-state index in [-0.39, 0.29) is 0 Å². The van der Waals surface area contributed by atoms with Crippen molar-refractivity contribution < 1.29 is 0 Å². The first-order valence-corrected chi connectivity index (χ1v) is 5.93. The predicted molar refractivity (Wildman–Crippen MR) is 57.0 cm³/mol. The van der Waals surface area contributed by atoms with Gasteiger partial charge in [-0.3, -0.25) is 0 Å². The second-order valence-electron chi connectivity index (χ2n) is 4.44. The number of hydrazine groups is 3. The molecule has 0 aliphatic carbocycles. The number of nitrogens with zero attached hydrogens (tertiary/aromatic N) is 1. The Bertz CT molecular complexity index is 132. The lowest BCUT2D eigenvalue weighted by atomic mass is 9.95. The lowest BCUT2D eigenvalue weighted by Gasteiger charge is -2.22. The van der Waals surface area contributed by atoms with Gasteiger partial charge >= 0.3 is 0 Å². The van der Waals surface area contributed by atoms with Gasteiger partial charge in [0.05, 0.1) is 0 Å². The quantitative estimate of drug-likeness (QED) is 0.538. The minimum Gasteiger partial charge on any atom is -0.243 e. The van der Waals surface area contributed by atoms with Crippen LogP contribution in [0.1, 0.15) is 38.5 Å². The summed E-state index contributed by atoms with van der Waals surface area (Å²) in [6.07, 6.45) is 8.21. The molecule has 2 bridgehead atoms. The lowest BCUT2D eigenvalue weighted by Crippen LogP contribution is -2.52. The lowest BCUT2D eigenvalue weighted by molar-refractivity contribution is 0.136. The van der Waals surface area contributed by atoms with Crippen LogP contribution in [0.25, 0.3) is 0 Å². The van der Waals surface area contributed by atoms with Crippen LogP contribution in [0, 0.1) is 5.92 Å². The standard InChI is InChI=1S/C10H22N4/c1-2-4-10-5-7-11-12-13-14(8-3-1)9-6-10/h10-13H,1-9H2. The molecular weight excluding hydrogens is 176 g/mol. The molecule has 82 valence electrons. The van der Waals surface area contributed by atoms with E-state index in [4.69, 9.17) is 0 Å². The van der Waals surface area contributed by atoms with Crippen LogP contribution in [0.3, 0.4) is 0 Å². The summed E-state index contributed by atoms with van der Waals surface area (Å²) < 4.78 is 0. The number of rotatable bonds is 0. The van der Waals surface area contributed by atoms with Crippen LogP contribution < -0.4 is 16.5 Å². The molecule has 4 nitrogen and oxygen atoms in total. The highest BCUT2D eigenvalue weighted by molar-refractivity contribution is 4.67. The molecule has 0 spiro atoms. The molecule has 2 saturated heterocycles. The maximum absolute atomic E-state index is 3.22. The van der Waals surface area contributed by atoms with Crippen molar-refractivity contribution in [1.82, 2.24) is 21.5 Å². The maximum atomic E-state index is 3.22. The molecule has 2 heterocycles. The van der Waals surface area contributed by atoms with Crippen LogP contribution in [-0.2, 0) is 0 Å². The van der Waals surface area contributed by atoms with E-state index < -0.39 is 0 Å². The topological polar surface area (TPSA) is 39.3 Å². The van der Waals surface area contributed by atoms with Crippen molar-refractivity contribution in [3.05, 3.63) is 0 Å². The van der Waals surface area contributed by atoms with Gasteiger partial charge in [0.25, 0.3) is 0 Å². The van der Waals surface area contributed by atoms with Crippen molar-refractivity contribution in [2.24, 2.45) is 5.92 Å². The van der Waals surface area contributed by atoms with Gasteiger partial charge in [-0.25, -0.2) is 10.4 Å². The van der Waals surface area contributed by atoms with Gasteiger partial charge in [-0.15, -0.1) is 0 Å². The molecule has 2 unspecified atom stereocenters. The molecule has 0 radical (unpaired) electrons. The smallest absolute Gasteiger partial charge is 0.0147 e. The summed E-state index contributed by atoms with van der Waals surface area (Å²) in [4.78, 5) is 0. The summed E-state index contributed by atoms with van der Waals surface area (Å²) in [5.41, 5.74) is 9.47. The van der Waals surface area contributed by atoms with Gasteiger partial charge in [0.15, 0.2) is 0 Å². The fourth-order valence-electron chi connectivity index (χ4n) is 2.36. The first-order chi connectivity index (χ1) is 6.95. The third-order valence-electron chi connectivity index (χ3n) is 3.33. The van der Waals surface area contributed by atoms with Crippen LogP contribution >= 0.6 is 0 Å². The van der Waals surface area contributed by atoms with E-state index in [2.05, 4.69) is 21.5 Å². The van der Waals surface area contributed by atoms with E-state index in [1.54, 1.807) is 0 Å². The normalized spacial score (nSPS) is 36.0. The van der Waals surface area contributed by atoms with Crippen molar-refractivity contribution in [3.8, 4) is 0 Å². The summed E-state index contributed by atoms with van der Waals surface area (Å²) in [6, 6.07) is 0. The molecule has 0 aromatic rings. The number of hydrogen-bond acceptors (Lipinski definition) is 4. The Morgan fingerprint density at radius 1 is 0.929 bits per heavy atom. The van der Waals surface area contributed by atoms with E-state index in [9.17, 15) is 0 Å². The Labute approximate surface area is 86.3 Å². The monoisotopic (exact) mass is 198 g/mol. The van der Waals surface area contributed by atoms with E-state index >= 15 is 0 Å². The van der Waals surface area contributed by atoms with E-state index in [1.165, 1.54) is 51.6 Å². The summed E-state index contributed by atoms with van der Waals surface area (Å²) >= 11 is 0. The third kappa shape index (κ3) is 3.20. The van der Waals surface area contributed by atoms with Crippen molar-refractivity contribution in [2.45, 2.75) is 38.5 Å².